The van der Waals surface area contributed by atoms with Crippen molar-refractivity contribution in [1.82, 2.24) is 19.7 Å². The number of nitrogens with two attached hydrogens (primary N) is 1. The Balaban J connectivity index is 1.94. The van der Waals surface area contributed by atoms with Gasteiger partial charge < -0.3 is 10.6 Å². The van der Waals surface area contributed by atoms with Crippen LogP contribution in [0.4, 0.5) is 0 Å². The van der Waals surface area contributed by atoms with Crippen LogP contribution in [0.1, 0.15) is 43.1 Å². The van der Waals surface area contributed by atoms with Crippen molar-refractivity contribution in [2.75, 3.05) is 13.1 Å². The monoisotopic (exact) mass is 361 g/mol. The van der Waals surface area contributed by atoms with Gasteiger partial charge in [-0.3, -0.25) is 4.79 Å². The quantitative estimate of drug-likeness (QED) is 0.888. The SMILES string of the molecule is CCCc1nc(C(=O)N2CC(CN)CC2C)nn1-c1ccccc1Cl. The minimum atomic E-state index is -0.133. The number of para-hydroxylation sites is 1. The number of aromatic nitrogens is 3. The summed E-state index contributed by atoms with van der Waals surface area (Å²) in [4.78, 5) is 19.3. The number of amides is 1. The minimum Gasteiger partial charge on any atom is -0.333 e. The molecule has 0 aliphatic carbocycles. The van der Waals surface area contributed by atoms with Crippen molar-refractivity contribution in [1.29, 1.82) is 0 Å². The third kappa shape index (κ3) is 3.55. The van der Waals surface area contributed by atoms with Crippen LogP contribution in [0.25, 0.3) is 5.69 Å². The molecule has 1 aromatic heterocycles. The largest absolute Gasteiger partial charge is 0.333 e. The Morgan fingerprint density at radius 2 is 2.16 bits per heavy atom. The van der Waals surface area contributed by atoms with E-state index in [1.54, 1.807) is 4.68 Å². The van der Waals surface area contributed by atoms with E-state index in [0.29, 0.717) is 24.0 Å². The zero-order valence-electron chi connectivity index (χ0n) is 14.7. The van der Waals surface area contributed by atoms with Gasteiger partial charge in [0.1, 0.15) is 5.82 Å². The van der Waals surface area contributed by atoms with Crippen LogP contribution in [-0.4, -0.2) is 44.7 Å². The van der Waals surface area contributed by atoms with Gasteiger partial charge in [0.25, 0.3) is 5.91 Å². The fraction of sp³-hybridized carbons (Fsp3) is 0.500. The van der Waals surface area contributed by atoms with Crippen molar-refractivity contribution in [2.24, 2.45) is 11.7 Å². The highest BCUT2D eigenvalue weighted by atomic mass is 35.5. The van der Waals surface area contributed by atoms with Gasteiger partial charge in [0.15, 0.2) is 0 Å². The third-order valence-electron chi connectivity index (χ3n) is 4.68. The molecule has 1 fully saturated rings. The van der Waals surface area contributed by atoms with Crippen LogP contribution in [0.15, 0.2) is 24.3 Å². The van der Waals surface area contributed by atoms with Gasteiger partial charge in [0, 0.05) is 19.0 Å². The summed E-state index contributed by atoms with van der Waals surface area (Å²) in [6.07, 6.45) is 2.56. The van der Waals surface area contributed by atoms with Crippen molar-refractivity contribution in [2.45, 2.75) is 39.2 Å². The van der Waals surface area contributed by atoms with E-state index in [4.69, 9.17) is 17.3 Å². The fourth-order valence-electron chi connectivity index (χ4n) is 3.36. The van der Waals surface area contributed by atoms with Crippen molar-refractivity contribution in [3.63, 3.8) is 0 Å². The van der Waals surface area contributed by atoms with Gasteiger partial charge in [-0.25, -0.2) is 9.67 Å². The van der Waals surface area contributed by atoms with Crippen LogP contribution in [0.5, 0.6) is 0 Å². The lowest BCUT2D eigenvalue weighted by Crippen LogP contribution is -2.35. The van der Waals surface area contributed by atoms with Gasteiger partial charge in [-0.15, -0.1) is 5.10 Å². The summed E-state index contributed by atoms with van der Waals surface area (Å²) in [5.74, 6) is 1.19. The zero-order chi connectivity index (χ0) is 18.0. The lowest BCUT2D eigenvalue weighted by Gasteiger charge is -2.19. The molecule has 0 radical (unpaired) electrons. The summed E-state index contributed by atoms with van der Waals surface area (Å²) in [5, 5.41) is 5.07. The summed E-state index contributed by atoms with van der Waals surface area (Å²) in [5.41, 5.74) is 6.51. The smallest absolute Gasteiger partial charge is 0.293 e. The molecule has 0 bridgehead atoms. The molecule has 0 saturated carbocycles. The van der Waals surface area contributed by atoms with Crippen LogP contribution < -0.4 is 5.73 Å². The van der Waals surface area contributed by atoms with E-state index in [9.17, 15) is 4.79 Å². The summed E-state index contributed by atoms with van der Waals surface area (Å²) < 4.78 is 1.69. The number of aryl methyl sites for hydroxylation is 1. The Kier molecular flexibility index (Phi) is 5.39. The first-order valence-electron chi connectivity index (χ1n) is 8.77. The fourth-order valence-corrected chi connectivity index (χ4v) is 3.58. The number of benzene rings is 1. The third-order valence-corrected chi connectivity index (χ3v) is 4.99. The molecule has 134 valence electrons. The van der Waals surface area contributed by atoms with E-state index < -0.39 is 0 Å². The molecule has 1 saturated heterocycles. The molecule has 3 rings (SSSR count). The number of likely N-dealkylation sites (tertiary alicyclic amines) is 1. The first-order chi connectivity index (χ1) is 12.0. The molecule has 7 heteroatoms. The number of carbonyl (C=O) groups excluding carboxylic acids is 1. The van der Waals surface area contributed by atoms with E-state index in [-0.39, 0.29) is 17.8 Å². The second kappa shape index (κ2) is 7.54. The Labute approximate surface area is 153 Å². The van der Waals surface area contributed by atoms with Crippen molar-refractivity contribution >= 4 is 17.5 Å². The lowest BCUT2D eigenvalue weighted by atomic mass is 10.1. The van der Waals surface area contributed by atoms with Gasteiger partial charge in [0.05, 0.1) is 10.7 Å². The molecule has 2 heterocycles. The topological polar surface area (TPSA) is 77.0 Å². The van der Waals surface area contributed by atoms with Crippen LogP contribution in [-0.2, 0) is 6.42 Å². The Morgan fingerprint density at radius 1 is 1.40 bits per heavy atom. The molecule has 1 aromatic carbocycles. The van der Waals surface area contributed by atoms with Crippen molar-refractivity contribution in [3.05, 3.63) is 40.9 Å². The molecular formula is C18H24ClN5O. The summed E-state index contributed by atoms with van der Waals surface area (Å²) in [6.45, 7) is 5.38. The molecule has 25 heavy (non-hydrogen) atoms. The summed E-state index contributed by atoms with van der Waals surface area (Å²) >= 11 is 6.31. The molecule has 0 spiro atoms. The van der Waals surface area contributed by atoms with Gasteiger partial charge >= 0.3 is 0 Å². The molecular weight excluding hydrogens is 338 g/mol. The second-order valence-electron chi connectivity index (χ2n) is 6.61. The van der Waals surface area contributed by atoms with E-state index >= 15 is 0 Å². The second-order valence-corrected chi connectivity index (χ2v) is 7.02. The van der Waals surface area contributed by atoms with E-state index in [1.807, 2.05) is 36.1 Å². The van der Waals surface area contributed by atoms with Crippen LogP contribution in [0.3, 0.4) is 0 Å². The van der Waals surface area contributed by atoms with E-state index in [2.05, 4.69) is 17.0 Å². The maximum atomic E-state index is 12.9. The molecule has 2 N–H and O–H groups in total. The highest BCUT2D eigenvalue weighted by Crippen LogP contribution is 2.25. The predicted molar refractivity (Wildman–Crippen MR) is 98.0 cm³/mol. The number of carbonyl (C=O) groups is 1. The number of nitrogens with zero attached hydrogens (tertiary/aromatic N) is 4. The first kappa shape index (κ1) is 17.9. The lowest BCUT2D eigenvalue weighted by molar-refractivity contribution is 0.0731. The predicted octanol–water partition coefficient (Wildman–Crippen LogP) is 2.68. The van der Waals surface area contributed by atoms with E-state index in [1.165, 1.54) is 0 Å². The number of rotatable bonds is 5. The average molecular weight is 362 g/mol. The maximum Gasteiger partial charge on any atom is 0.293 e. The molecule has 6 nitrogen and oxygen atoms in total. The van der Waals surface area contributed by atoms with Crippen molar-refractivity contribution < 1.29 is 4.79 Å². The van der Waals surface area contributed by atoms with Gasteiger partial charge in [-0.2, -0.15) is 0 Å². The Morgan fingerprint density at radius 3 is 2.80 bits per heavy atom. The summed E-state index contributed by atoms with van der Waals surface area (Å²) in [6, 6.07) is 7.61. The minimum absolute atomic E-state index is 0.133. The molecule has 2 unspecified atom stereocenters. The standard InChI is InChI=1S/C18H24ClN5O/c1-3-6-16-21-17(18(25)23-11-13(10-20)9-12(23)2)22-24(16)15-8-5-4-7-14(15)19/h4-5,7-8,12-13H,3,6,9-11,20H2,1-2H3. The summed E-state index contributed by atoms with van der Waals surface area (Å²) in [7, 11) is 0. The normalized spacial score (nSPS) is 20.2. The van der Waals surface area contributed by atoms with E-state index in [0.717, 1.165) is 30.8 Å². The van der Waals surface area contributed by atoms with Crippen LogP contribution >= 0.6 is 11.6 Å². The Bertz CT molecular complexity index is 760. The number of hydrogen-bond acceptors (Lipinski definition) is 4. The van der Waals surface area contributed by atoms with Crippen molar-refractivity contribution in [3.8, 4) is 5.69 Å². The van der Waals surface area contributed by atoms with Gasteiger partial charge in [0.2, 0.25) is 5.82 Å². The molecule has 1 amide bonds. The molecule has 2 atom stereocenters. The van der Waals surface area contributed by atoms with Crippen LogP contribution in [0, 0.1) is 5.92 Å². The highest BCUT2D eigenvalue weighted by molar-refractivity contribution is 6.32. The highest BCUT2D eigenvalue weighted by Gasteiger charge is 2.34. The first-order valence-corrected chi connectivity index (χ1v) is 9.14. The molecule has 1 aliphatic rings. The molecule has 2 aromatic rings. The maximum absolute atomic E-state index is 12.9. The van der Waals surface area contributed by atoms with Crippen LogP contribution in [0.2, 0.25) is 5.02 Å². The number of halogens is 1. The van der Waals surface area contributed by atoms with Gasteiger partial charge in [-0.05, 0) is 44.4 Å². The zero-order valence-corrected chi connectivity index (χ0v) is 15.4. The average Bonchev–Trinajstić information content (AvgIpc) is 3.19. The number of hydrogen-bond donors (Lipinski definition) is 1. The Hall–Kier alpha value is -1.92. The molecule has 1 aliphatic heterocycles. The van der Waals surface area contributed by atoms with Gasteiger partial charge in [-0.1, -0.05) is 30.7 Å².